The highest BCUT2D eigenvalue weighted by Crippen LogP contribution is 2.10. The zero-order valence-corrected chi connectivity index (χ0v) is 26.0. The first-order valence-corrected chi connectivity index (χ1v) is 13.9. The maximum absolute atomic E-state index is 4.38. The third kappa shape index (κ3) is 8.24. The van der Waals surface area contributed by atoms with Crippen molar-refractivity contribution < 1.29 is 0 Å². The Kier molecular flexibility index (Phi) is 14.2. The van der Waals surface area contributed by atoms with Gasteiger partial charge in [-0.25, -0.2) is 19.9 Å². The molecule has 0 N–H and O–H groups in total. The largest absolute Gasteiger partial charge is 0.304 e. The Hall–Kier alpha value is -4.00. The lowest BCUT2D eigenvalue weighted by Gasteiger charge is -1.92. The molecule has 0 radical (unpaired) electrons. The molecular formula is C32H47N7. The van der Waals surface area contributed by atoms with Gasteiger partial charge < -0.3 is 8.80 Å². The van der Waals surface area contributed by atoms with E-state index in [2.05, 4.69) is 42.6 Å². The molecule has 7 heteroatoms. The Labute approximate surface area is 234 Å². The van der Waals surface area contributed by atoms with Gasteiger partial charge in [-0.05, 0) is 71.9 Å². The number of nitrogens with zero attached hydrogens (tertiary/aromatic N) is 7. The first-order valence-electron chi connectivity index (χ1n) is 13.9. The number of hydrogen-bond acceptors (Lipinski definition) is 4. The minimum atomic E-state index is 0.780. The van der Waals surface area contributed by atoms with Crippen LogP contribution in [-0.2, 0) is 0 Å². The van der Waals surface area contributed by atoms with Crippen molar-refractivity contribution in [3.8, 4) is 0 Å². The van der Waals surface area contributed by atoms with Crippen molar-refractivity contribution >= 4 is 17.1 Å². The molecule has 0 unspecified atom stereocenters. The SMILES string of the molecule is CC.CC.CC.Cc1nc2ccccn2c1C.Cc1nc2ccccn2c1C.Cc1nc2ncccn2c1C. The average Bonchev–Trinajstić information content (AvgIpc) is 3.57. The van der Waals surface area contributed by atoms with Crippen molar-refractivity contribution in [3.63, 3.8) is 0 Å². The highest BCUT2D eigenvalue weighted by molar-refractivity contribution is 5.43. The summed E-state index contributed by atoms with van der Waals surface area (Å²) in [5.74, 6) is 0.780. The van der Waals surface area contributed by atoms with Crippen LogP contribution < -0.4 is 0 Å². The fraction of sp³-hybridized carbons (Fsp3) is 0.375. The quantitative estimate of drug-likeness (QED) is 0.198. The van der Waals surface area contributed by atoms with E-state index in [1.807, 2.05) is 135 Å². The maximum atomic E-state index is 4.38. The molecule has 39 heavy (non-hydrogen) atoms. The van der Waals surface area contributed by atoms with Gasteiger partial charge in [0.1, 0.15) is 11.3 Å². The standard InChI is InChI=1S/2C9H10N2.C8H9N3.3C2H6/c2*1-7-8(2)11-6-4-3-5-9(11)10-7;1-6-7(2)11-5-3-4-9-8(11)10-6;3*1-2/h2*3-6H,1-2H3;3-5H,1-2H3;3*1-2H3. The molecule has 0 saturated heterocycles. The van der Waals surface area contributed by atoms with Crippen LogP contribution in [0.25, 0.3) is 17.1 Å². The van der Waals surface area contributed by atoms with Crippen molar-refractivity contribution in [1.29, 1.82) is 0 Å². The number of aryl methyl sites for hydroxylation is 6. The summed E-state index contributed by atoms with van der Waals surface area (Å²) in [5.41, 5.74) is 8.93. The summed E-state index contributed by atoms with van der Waals surface area (Å²) >= 11 is 0. The van der Waals surface area contributed by atoms with Crippen LogP contribution in [0, 0.1) is 41.5 Å². The Balaban J connectivity index is 0.000000267. The lowest BCUT2D eigenvalue weighted by Crippen LogP contribution is -1.87. The van der Waals surface area contributed by atoms with Crippen molar-refractivity contribution in [1.82, 2.24) is 33.1 Å². The number of rotatable bonds is 0. The van der Waals surface area contributed by atoms with Gasteiger partial charge in [-0.2, -0.15) is 0 Å². The molecule has 0 aliphatic carbocycles. The molecule has 0 atom stereocenters. The van der Waals surface area contributed by atoms with E-state index in [1.54, 1.807) is 6.20 Å². The molecule has 7 nitrogen and oxygen atoms in total. The molecule has 0 aliphatic heterocycles. The third-order valence-corrected chi connectivity index (χ3v) is 5.89. The minimum Gasteiger partial charge on any atom is -0.304 e. The van der Waals surface area contributed by atoms with E-state index in [9.17, 15) is 0 Å². The van der Waals surface area contributed by atoms with E-state index in [-0.39, 0.29) is 0 Å². The lowest BCUT2D eigenvalue weighted by atomic mass is 10.4. The second-order valence-corrected chi connectivity index (χ2v) is 8.00. The zero-order valence-electron chi connectivity index (χ0n) is 26.0. The molecule has 0 spiro atoms. The lowest BCUT2D eigenvalue weighted by molar-refractivity contribution is 1.06. The van der Waals surface area contributed by atoms with Gasteiger partial charge in [0.25, 0.3) is 0 Å². The molecule has 0 saturated carbocycles. The fourth-order valence-electron chi connectivity index (χ4n) is 3.58. The van der Waals surface area contributed by atoms with Gasteiger partial charge in [0, 0.05) is 41.9 Å². The molecule has 0 bridgehead atoms. The Morgan fingerprint density at radius 3 is 1.26 bits per heavy atom. The van der Waals surface area contributed by atoms with Crippen LogP contribution in [0.1, 0.15) is 75.7 Å². The summed E-state index contributed by atoms with van der Waals surface area (Å²) in [6, 6.07) is 14.0. The van der Waals surface area contributed by atoms with Crippen LogP contribution in [0.5, 0.6) is 0 Å². The normalized spacial score (nSPS) is 9.54. The smallest absolute Gasteiger partial charge is 0.234 e. The monoisotopic (exact) mass is 529 g/mol. The van der Waals surface area contributed by atoms with Gasteiger partial charge in [-0.1, -0.05) is 53.7 Å². The summed E-state index contributed by atoms with van der Waals surface area (Å²) < 4.78 is 6.17. The van der Waals surface area contributed by atoms with Gasteiger partial charge >= 0.3 is 0 Å². The highest BCUT2D eigenvalue weighted by atomic mass is 15.1. The van der Waals surface area contributed by atoms with E-state index >= 15 is 0 Å². The second-order valence-electron chi connectivity index (χ2n) is 8.00. The summed E-state index contributed by atoms with van der Waals surface area (Å²) in [6.07, 6.45) is 7.79. The Morgan fingerprint density at radius 2 is 0.846 bits per heavy atom. The molecule has 6 rings (SSSR count). The number of imidazole rings is 3. The van der Waals surface area contributed by atoms with Crippen LogP contribution >= 0.6 is 0 Å². The summed E-state index contributed by atoms with van der Waals surface area (Å²) in [5, 5.41) is 0. The molecule has 0 amide bonds. The first-order chi connectivity index (χ1) is 18.9. The second kappa shape index (κ2) is 16.8. The van der Waals surface area contributed by atoms with Crippen molar-refractivity contribution in [2.45, 2.75) is 83.1 Å². The minimum absolute atomic E-state index is 0.780. The highest BCUT2D eigenvalue weighted by Gasteiger charge is 2.03. The average molecular weight is 530 g/mol. The van der Waals surface area contributed by atoms with E-state index < -0.39 is 0 Å². The van der Waals surface area contributed by atoms with E-state index in [4.69, 9.17) is 0 Å². The summed E-state index contributed by atoms with van der Waals surface area (Å²) in [7, 11) is 0. The van der Waals surface area contributed by atoms with Gasteiger partial charge in [0.15, 0.2) is 0 Å². The number of pyridine rings is 2. The van der Waals surface area contributed by atoms with Crippen LogP contribution in [0.4, 0.5) is 0 Å². The maximum Gasteiger partial charge on any atom is 0.234 e. The summed E-state index contributed by atoms with van der Waals surface area (Å²) in [4.78, 5) is 17.1. The predicted octanol–water partition coefficient (Wildman–Crippen LogP) is 8.33. The molecule has 0 aliphatic rings. The number of aromatic nitrogens is 7. The molecule has 6 heterocycles. The van der Waals surface area contributed by atoms with Gasteiger partial charge in [0.05, 0.1) is 17.1 Å². The van der Waals surface area contributed by atoms with E-state index in [1.165, 1.54) is 11.4 Å². The Bertz CT molecular complexity index is 1350. The van der Waals surface area contributed by atoms with Gasteiger partial charge in [-0.3, -0.25) is 4.40 Å². The predicted molar refractivity (Wildman–Crippen MR) is 166 cm³/mol. The number of hydrogen-bond donors (Lipinski definition) is 0. The first kappa shape index (κ1) is 33.0. The van der Waals surface area contributed by atoms with Gasteiger partial charge in [0.2, 0.25) is 5.78 Å². The summed E-state index contributed by atoms with van der Waals surface area (Å²) in [6.45, 7) is 24.2. The number of fused-ring (bicyclic) bond motifs is 3. The van der Waals surface area contributed by atoms with E-state index in [0.29, 0.717) is 0 Å². The van der Waals surface area contributed by atoms with Crippen molar-refractivity contribution in [2.75, 3.05) is 0 Å². The fourth-order valence-corrected chi connectivity index (χ4v) is 3.58. The van der Waals surface area contributed by atoms with Crippen LogP contribution in [0.15, 0.2) is 67.3 Å². The third-order valence-electron chi connectivity index (χ3n) is 5.89. The molecule has 210 valence electrons. The molecular weight excluding hydrogens is 482 g/mol. The van der Waals surface area contributed by atoms with Crippen LogP contribution in [-0.4, -0.2) is 33.1 Å². The van der Waals surface area contributed by atoms with Crippen molar-refractivity contribution in [2.24, 2.45) is 0 Å². The topological polar surface area (TPSA) is 64.8 Å². The van der Waals surface area contributed by atoms with Crippen LogP contribution in [0.3, 0.4) is 0 Å². The van der Waals surface area contributed by atoms with Crippen molar-refractivity contribution in [3.05, 3.63) is 101 Å². The van der Waals surface area contributed by atoms with E-state index in [0.717, 1.165) is 39.8 Å². The van der Waals surface area contributed by atoms with Gasteiger partial charge in [-0.15, -0.1) is 0 Å². The molecule has 6 aromatic heterocycles. The molecule has 6 aromatic rings. The Morgan fingerprint density at radius 1 is 0.462 bits per heavy atom. The zero-order chi connectivity index (χ0) is 29.5. The van der Waals surface area contributed by atoms with Crippen LogP contribution in [0.2, 0.25) is 0 Å². The molecule has 0 aromatic carbocycles. The molecule has 0 fully saturated rings.